The monoisotopic (exact) mass is 226 g/mol. The van der Waals surface area contributed by atoms with E-state index in [4.69, 9.17) is 0 Å². The second-order valence-corrected chi connectivity index (χ2v) is 5.22. The number of thioether (sulfide) groups is 1. The van der Waals surface area contributed by atoms with Crippen LogP contribution < -0.4 is 0 Å². The molecule has 2 nitrogen and oxygen atoms in total. The van der Waals surface area contributed by atoms with Crippen molar-refractivity contribution in [3.05, 3.63) is 36.0 Å². The van der Waals surface area contributed by atoms with E-state index in [-0.39, 0.29) is 5.41 Å². The van der Waals surface area contributed by atoms with Gasteiger partial charge in [-0.1, -0.05) is 18.2 Å². The van der Waals surface area contributed by atoms with Crippen molar-refractivity contribution in [2.75, 3.05) is 5.75 Å². The molecule has 1 aromatic carbocycles. The minimum Gasteiger partial charge on any atom is -0.249 e. The van der Waals surface area contributed by atoms with Crippen molar-refractivity contribution in [1.29, 1.82) is 5.26 Å². The number of rotatable bonds is 0. The molecule has 0 N–H and O–H groups in total. The molecule has 0 bridgehead atoms. The summed E-state index contributed by atoms with van der Waals surface area (Å²) in [5, 5.41) is 12.7. The second-order valence-electron chi connectivity index (χ2n) is 4.25. The Morgan fingerprint density at radius 1 is 1.44 bits per heavy atom. The highest BCUT2D eigenvalue weighted by atomic mass is 32.2. The topological polar surface area (TPSA) is 36.7 Å². The fraction of sp³-hybridized carbons (Fsp3) is 0.231. The molecular weight excluding hydrogens is 216 g/mol. The third kappa shape index (κ3) is 1.17. The lowest BCUT2D eigenvalue weighted by Gasteiger charge is -2.28. The molecule has 1 aliphatic rings. The Bertz CT molecular complexity index is 610. The molecule has 2 heterocycles. The van der Waals surface area contributed by atoms with Crippen LogP contribution in [0.4, 0.5) is 0 Å². The zero-order chi connectivity index (χ0) is 11.2. The van der Waals surface area contributed by atoms with Gasteiger partial charge in [-0.25, -0.2) is 4.98 Å². The normalized spacial score (nSPS) is 23.0. The van der Waals surface area contributed by atoms with E-state index >= 15 is 0 Å². The predicted molar refractivity (Wildman–Crippen MR) is 65.4 cm³/mol. The second kappa shape index (κ2) is 3.23. The lowest BCUT2D eigenvalue weighted by atomic mass is 9.83. The van der Waals surface area contributed by atoms with E-state index in [1.54, 1.807) is 11.8 Å². The summed E-state index contributed by atoms with van der Waals surface area (Å²) in [6.07, 6.45) is 1.84. The van der Waals surface area contributed by atoms with Crippen molar-refractivity contribution in [1.82, 2.24) is 4.98 Å². The summed E-state index contributed by atoms with van der Waals surface area (Å²) in [7, 11) is 0. The summed E-state index contributed by atoms with van der Waals surface area (Å²) in [5.41, 5.74) is 0.731. The molecule has 0 amide bonds. The highest BCUT2D eigenvalue weighted by Crippen LogP contribution is 2.42. The lowest BCUT2D eigenvalue weighted by Crippen LogP contribution is -2.26. The van der Waals surface area contributed by atoms with Gasteiger partial charge in [0.05, 0.1) is 11.5 Å². The van der Waals surface area contributed by atoms with E-state index in [0.29, 0.717) is 0 Å². The van der Waals surface area contributed by atoms with Gasteiger partial charge in [0.2, 0.25) is 0 Å². The van der Waals surface area contributed by atoms with Crippen LogP contribution in [-0.4, -0.2) is 10.7 Å². The molecular formula is C13H10N2S. The van der Waals surface area contributed by atoms with Gasteiger partial charge in [0.1, 0.15) is 5.03 Å². The molecule has 3 heteroatoms. The molecule has 3 rings (SSSR count). The van der Waals surface area contributed by atoms with Crippen molar-refractivity contribution in [2.24, 2.45) is 0 Å². The average Bonchev–Trinajstić information content (AvgIpc) is 2.34. The Hall–Kier alpha value is -1.53. The summed E-state index contributed by atoms with van der Waals surface area (Å²) in [6.45, 7) is 2.00. The quantitative estimate of drug-likeness (QED) is 0.692. The minimum atomic E-state index is -0.389. The maximum atomic E-state index is 9.34. The molecule has 0 fully saturated rings. The van der Waals surface area contributed by atoms with Gasteiger partial charge in [-0.15, -0.1) is 11.8 Å². The molecule has 0 radical (unpaired) electrons. The van der Waals surface area contributed by atoms with Gasteiger partial charge in [0.25, 0.3) is 0 Å². The van der Waals surface area contributed by atoms with Crippen molar-refractivity contribution in [3.63, 3.8) is 0 Å². The predicted octanol–water partition coefficient (Wildman–Crippen LogP) is 3.12. The van der Waals surface area contributed by atoms with Gasteiger partial charge in [-0.05, 0) is 23.9 Å². The Labute approximate surface area is 98.3 Å². The third-order valence-corrected chi connectivity index (χ3v) is 4.40. The molecule has 78 valence electrons. The number of nitrogens with zero attached hydrogens (tertiary/aromatic N) is 2. The number of pyridine rings is 1. The summed E-state index contributed by atoms with van der Waals surface area (Å²) >= 11 is 1.68. The molecule has 0 aliphatic carbocycles. The van der Waals surface area contributed by atoms with E-state index in [0.717, 1.165) is 21.7 Å². The summed E-state index contributed by atoms with van der Waals surface area (Å²) in [6, 6.07) is 10.6. The van der Waals surface area contributed by atoms with Gasteiger partial charge in [0, 0.05) is 17.3 Å². The van der Waals surface area contributed by atoms with Crippen LogP contribution in [-0.2, 0) is 5.41 Å². The summed E-state index contributed by atoms with van der Waals surface area (Å²) in [4.78, 5) is 4.39. The van der Waals surface area contributed by atoms with Crippen LogP contribution in [0.5, 0.6) is 0 Å². The van der Waals surface area contributed by atoms with Crippen LogP contribution in [0.15, 0.2) is 35.5 Å². The minimum absolute atomic E-state index is 0.389. The Kier molecular flexibility index (Phi) is 1.95. The number of hydrogen-bond acceptors (Lipinski definition) is 3. The van der Waals surface area contributed by atoms with E-state index in [1.807, 2.05) is 25.3 Å². The fourth-order valence-corrected chi connectivity index (χ4v) is 3.30. The van der Waals surface area contributed by atoms with E-state index in [9.17, 15) is 5.26 Å². The van der Waals surface area contributed by atoms with Crippen LogP contribution >= 0.6 is 11.8 Å². The first-order chi connectivity index (χ1) is 7.74. The number of nitriles is 1. The van der Waals surface area contributed by atoms with Crippen molar-refractivity contribution < 1.29 is 0 Å². The van der Waals surface area contributed by atoms with Crippen molar-refractivity contribution >= 4 is 22.5 Å². The molecule has 0 saturated heterocycles. The molecule has 1 unspecified atom stereocenters. The van der Waals surface area contributed by atoms with Gasteiger partial charge < -0.3 is 0 Å². The maximum Gasteiger partial charge on any atom is 0.104 e. The fourth-order valence-electron chi connectivity index (χ4n) is 2.15. The first kappa shape index (κ1) is 9.68. The molecule has 16 heavy (non-hydrogen) atoms. The van der Waals surface area contributed by atoms with E-state index in [1.165, 1.54) is 5.39 Å². The average molecular weight is 226 g/mol. The van der Waals surface area contributed by atoms with Crippen molar-refractivity contribution in [2.45, 2.75) is 17.4 Å². The molecule has 0 saturated carbocycles. The molecule has 1 aliphatic heterocycles. The number of hydrogen-bond donors (Lipinski definition) is 0. The Morgan fingerprint density at radius 3 is 3.12 bits per heavy atom. The SMILES string of the molecule is CC1(C#N)CSc2nccc3cccc1c23. The van der Waals surface area contributed by atoms with Crippen LogP contribution in [0.3, 0.4) is 0 Å². The largest absolute Gasteiger partial charge is 0.249 e. The number of aromatic nitrogens is 1. The smallest absolute Gasteiger partial charge is 0.104 e. The van der Waals surface area contributed by atoms with Crippen molar-refractivity contribution in [3.8, 4) is 6.07 Å². The maximum absolute atomic E-state index is 9.34. The first-order valence-electron chi connectivity index (χ1n) is 5.17. The zero-order valence-corrected chi connectivity index (χ0v) is 9.71. The molecule has 0 spiro atoms. The standard InChI is InChI=1S/C13H10N2S/c1-13(7-14)8-16-12-11-9(5-6-15-12)3-2-4-10(11)13/h2-6H,8H2,1H3. The number of benzene rings is 1. The van der Waals surface area contributed by atoms with Gasteiger partial charge >= 0.3 is 0 Å². The van der Waals surface area contributed by atoms with Crippen LogP contribution in [0.1, 0.15) is 12.5 Å². The summed E-state index contributed by atoms with van der Waals surface area (Å²) in [5.74, 6) is 0.784. The molecule has 2 aromatic rings. The van der Waals surface area contributed by atoms with Crippen LogP contribution in [0.25, 0.3) is 10.8 Å². The third-order valence-electron chi connectivity index (χ3n) is 3.10. The molecule has 1 atom stereocenters. The van der Waals surface area contributed by atoms with Gasteiger partial charge in [-0.3, -0.25) is 0 Å². The van der Waals surface area contributed by atoms with E-state index < -0.39 is 0 Å². The van der Waals surface area contributed by atoms with Gasteiger partial charge in [0.15, 0.2) is 0 Å². The van der Waals surface area contributed by atoms with Crippen LogP contribution in [0.2, 0.25) is 0 Å². The summed E-state index contributed by atoms with van der Waals surface area (Å²) < 4.78 is 0. The Morgan fingerprint density at radius 2 is 2.31 bits per heavy atom. The van der Waals surface area contributed by atoms with Crippen LogP contribution in [0, 0.1) is 11.3 Å². The first-order valence-corrected chi connectivity index (χ1v) is 6.15. The highest BCUT2D eigenvalue weighted by Gasteiger charge is 2.33. The zero-order valence-electron chi connectivity index (χ0n) is 8.90. The lowest BCUT2D eigenvalue weighted by molar-refractivity contribution is 0.698. The highest BCUT2D eigenvalue weighted by molar-refractivity contribution is 7.99. The Balaban J connectivity index is 2.46. The molecule has 1 aromatic heterocycles. The van der Waals surface area contributed by atoms with E-state index in [2.05, 4.69) is 23.2 Å². The van der Waals surface area contributed by atoms with Gasteiger partial charge in [-0.2, -0.15) is 5.26 Å².